The van der Waals surface area contributed by atoms with Crippen molar-refractivity contribution in [2.75, 3.05) is 13.1 Å². The molecular weight excluding hydrogens is 314 g/mol. The first-order valence-electron chi connectivity index (χ1n) is 8.96. The van der Waals surface area contributed by atoms with Crippen LogP contribution in [-0.4, -0.2) is 35.7 Å². The van der Waals surface area contributed by atoms with Crippen molar-refractivity contribution in [3.8, 4) is 6.07 Å². The second-order valence-corrected chi connectivity index (χ2v) is 7.76. The minimum absolute atomic E-state index is 0.208. The van der Waals surface area contributed by atoms with Crippen LogP contribution in [0, 0.1) is 18.3 Å². The van der Waals surface area contributed by atoms with Gasteiger partial charge in [-0.1, -0.05) is 29.8 Å². The van der Waals surface area contributed by atoms with Crippen LogP contribution in [0.4, 0.5) is 4.79 Å². The maximum Gasteiger partial charge on any atom is 0.410 e. The van der Waals surface area contributed by atoms with Crippen molar-refractivity contribution in [3.63, 3.8) is 0 Å². The summed E-state index contributed by atoms with van der Waals surface area (Å²) in [6, 6.07) is 11.2. The summed E-state index contributed by atoms with van der Waals surface area (Å²) in [4.78, 5) is 13.8. The zero-order valence-corrected chi connectivity index (χ0v) is 15.7. The average Bonchev–Trinajstić information content (AvgIpc) is 2.47. The molecule has 1 unspecified atom stereocenters. The number of amides is 1. The molecule has 136 valence electrons. The van der Waals surface area contributed by atoms with E-state index in [-0.39, 0.29) is 18.2 Å². The maximum absolute atomic E-state index is 12.0. The number of benzene rings is 1. The van der Waals surface area contributed by atoms with Crippen LogP contribution < -0.4 is 5.32 Å². The fraction of sp³-hybridized carbons (Fsp3) is 0.600. The van der Waals surface area contributed by atoms with Crippen LogP contribution in [0.15, 0.2) is 24.3 Å². The number of unbranched alkanes of at least 4 members (excludes halogenated alkanes) is 1. The third-order valence-corrected chi connectivity index (χ3v) is 4.23. The van der Waals surface area contributed by atoms with Crippen LogP contribution in [0.2, 0.25) is 0 Å². The second kappa shape index (κ2) is 8.35. The minimum atomic E-state index is -0.461. The van der Waals surface area contributed by atoms with Crippen LogP contribution in [0.25, 0.3) is 0 Å². The number of aryl methyl sites for hydroxylation is 1. The van der Waals surface area contributed by atoms with E-state index >= 15 is 0 Å². The van der Waals surface area contributed by atoms with Crippen LogP contribution in [0.5, 0.6) is 0 Å². The maximum atomic E-state index is 12.0. The molecule has 1 N–H and O–H groups in total. The molecule has 0 bridgehead atoms. The number of nitrogens with one attached hydrogen (secondary N) is 1. The molecule has 25 heavy (non-hydrogen) atoms. The number of nitrogens with zero attached hydrogens (tertiary/aromatic N) is 2. The third kappa shape index (κ3) is 6.06. The number of rotatable bonds is 6. The van der Waals surface area contributed by atoms with Gasteiger partial charge in [0.25, 0.3) is 0 Å². The Morgan fingerprint density at radius 3 is 2.56 bits per heavy atom. The van der Waals surface area contributed by atoms with Gasteiger partial charge in [-0.2, -0.15) is 5.26 Å². The molecule has 1 aromatic rings. The van der Waals surface area contributed by atoms with Gasteiger partial charge >= 0.3 is 6.09 Å². The van der Waals surface area contributed by atoms with Crippen molar-refractivity contribution in [1.29, 1.82) is 5.26 Å². The molecule has 5 nitrogen and oxygen atoms in total. The Kier molecular flexibility index (Phi) is 6.44. The number of hydrogen-bond donors (Lipinski definition) is 1. The van der Waals surface area contributed by atoms with Gasteiger partial charge in [-0.05, 0) is 46.1 Å². The van der Waals surface area contributed by atoms with E-state index in [2.05, 4.69) is 42.6 Å². The highest BCUT2D eigenvalue weighted by Crippen LogP contribution is 2.23. The van der Waals surface area contributed by atoms with E-state index in [1.807, 2.05) is 20.8 Å². The van der Waals surface area contributed by atoms with E-state index in [0.29, 0.717) is 19.5 Å². The van der Waals surface area contributed by atoms with Crippen molar-refractivity contribution in [3.05, 3.63) is 35.4 Å². The number of hydrogen-bond acceptors (Lipinski definition) is 4. The van der Waals surface area contributed by atoms with Gasteiger partial charge in [0.15, 0.2) is 0 Å². The van der Waals surface area contributed by atoms with Crippen molar-refractivity contribution in [2.45, 2.75) is 64.6 Å². The molecule has 1 aliphatic rings. The number of likely N-dealkylation sites (tertiary alicyclic amines) is 1. The second-order valence-electron chi connectivity index (χ2n) is 7.76. The van der Waals surface area contributed by atoms with Gasteiger partial charge in [0.2, 0.25) is 0 Å². The Hall–Kier alpha value is -2.06. The van der Waals surface area contributed by atoms with Crippen LogP contribution in [0.3, 0.4) is 0 Å². The third-order valence-electron chi connectivity index (χ3n) is 4.23. The smallest absolute Gasteiger partial charge is 0.410 e. The Balaban J connectivity index is 1.89. The Morgan fingerprint density at radius 2 is 2.00 bits per heavy atom. The summed E-state index contributed by atoms with van der Waals surface area (Å²) in [6.45, 7) is 9.03. The van der Waals surface area contributed by atoms with E-state index in [9.17, 15) is 4.79 Å². The lowest BCUT2D eigenvalue weighted by Gasteiger charge is -2.42. The van der Waals surface area contributed by atoms with Gasteiger partial charge in [0, 0.05) is 31.6 Å². The molecule has 0 aromatic heterocycles. The van der Waals surface area contributed by atoms with Crippen molar-refractivity contribution in [2.24, 2.45) is 0 Å². The molecule has 1 fully saturated rings. The molecule has 0 spiro atoms. The summed E-state index contributed by atoms with van der Waals surface area (Å²) in [7, 11) is 0. The van der Waals surface area contributed by atoms with Crippen molar-refractivity contribution in [1.82, 2.24) is 10.2 Å². The van der Waals surface area contributed by atoms with Crippen LogP contribution in [0.1, 0.15) is 57.2 Å². The summed E-state index contributed by atoms with van der Waals surface area (Å²) in [6.07, 6.45) is 2.10. The molecule has 2 rings (SSSR count). The van der Waals surface area contributed by atoms with Gasteiger partial charge in [0.05, 0.1) is 6.07 Å². The Morgan fingerprint density at radius 1 is 1.36 bits per heavy atom. The Bertz CT molecular complexity index is 607. The minimum Gasteiger partial charge on any atom is -0.444 e. The lowest BCUT2D eigenvalue weighted by molar-refractivity contribution is 0.00399. The summed E-state index contributed by atoms with van der Waals surface area (Å²) in [5, 5.41) is 12.4. The van der Waals surface area contributed by atoms with E-state index in [1.165, 1.54) is 11.1 Å². The van der Waals surface area contributed by atoms with Gasteiger partial charge < -0.3 is 15.0 Å². The van der Waals surface area contributed by atoms with E-state index < -0.39 is 5.60 Å². The van der Waals surface area contributed by atoms with E-state index in [0.717, 1.165) is 12.8 Å². The molecule has 1 saturated heterocycles. The fourth-order valence-corrected chi connectivity index (χ4v) is 2.87. The molecule has 1 aliphatic heterocycles. The normalized spacial score (nSPS) is 16.0. The van der Waals surface area contributed by atoms with E-state index in [4.69, 9.17) is 10.00 Å². The van der Waals surface area contributed by atoms with Crippen molar-refractivity contribution >= 4 is 6.09 Å². The van der Waals surface area contributed by atoms with Crippen molar-refractivity contribution < 1.29 is 9.53 Å². The topological polar surface area (TPSA) is 65.4 Å². The number of carbonyl (C=O) groups excluding carboxylic acids is 1. The molecule has 5 heteroatoms. The van der Waals surface area contributed by atoms with Gasteiger partial charge in [0.1, 0.15) is 5.60 Å². The average molecular weight is 343 g/mol. The summed E-state index contributed by atoms with van der Waals surface area (Å²) < 4.78 is 5.40. The molecule has 1 amide bonds. The standard InChI is InChI=1S/C20H29N3O2/c1-15-8-10-16(11-9-15)18(7-5-6-12-21)22-17-13-23(14-17)19(24)25-20(2,3)4/h8-11,17-18,22H,5-7,13-14H2,1-4H3. The van der Waals surface area contributed by atoms with Gasteiger partial charge in [-0.25, -0.2) is 4.79 Å². The van der Waals surface area contributed by atoms with Crippen LogP contribution >= 0.6 is 0 Å². The largest absolute Gasteiger partial charge is 0.444 e. The first-order valence-corrected chi connectivity index (χ1v) is 8.96. The SMILES string of the molecule is Cc1ccc(C(CCCC#N)NC2CN(C(=O)OC(C)(C)C)C2)cc1. The molecule has 0 radical (unpaired) electrons. The summed E-state index contributed by atoms with van der Waals surface area (Å²) in [5.41, 5.74) is 2.01. The van der Waals surface area contributed by atoms with Gasteiger partial charge in [-0.3, -0.25) is 0 Å². The quantitative estimate of drug-likeness (QED) is 0.795. The molecule has 1 aromatic carbocycles. The number of nitriles is 1. The fourth-order valence-electron chi connectivity index (χ4n) is 2.87. The first kappa shape index (κ1) is 19.3. The number of carbonyl (C=O) groups is 1. The molecule has 1 atom stereocenters. The predicted molar refractivity (Wildman–Crippen MR) is 98.1 cm³/mol. The highest BCUT2D eigenvalue weighted by Gasteiger charge is 2.34. The molecule has 0 aliphatic carbocycles. The number of ether oxygens (including phenoxy) is 1. The molecular formula is C20H29N3O2. The molecule has 1 heterocycles. The highest BCUT2D eigenvalue weighted by molar-refractivity contribution is 5.69. The zero-order valence-electron chi connectivity index (χ0n) is 15.7. The Labute approximate surface area is 151 Å². The summed E-state index contributed by atoms with van der Waals surface area (Å²) in [5.74, 6) is 0. The highest BCUT2D eigenvalue weighted by atomic mass is 16.6. The summed E-state index contributed by atoms with van der Waals surface area (Å²) >= 11 is 0. The molecule has 0 saturated carbocycles. The van der Waals surface area contributed by atoms with E-state index in [1.54, 1.807) is 4.90 Å². The monoisotopic (exact) mass is 343 g/mol. The first-order chi connectivity index (χ1) is 11.8. The predicted octanol–water partition coefficient (Wildman–Crippen LogP) is 3.94. The lowest BCUT2D eigenvalue weighted by atomic mass is 9.97. The van der Waals surface area contributed by atoms with Crippen LogP contribution in [-0.2, 0) is 4.74 Å². The lowest BCUT2D eigenvalue weighted by Crippen LogP contribution is -2.61. The zero-order chi connectivity index (χ0) is 18.4. The van der Waals surface area contributed by atoms with Gasteiger partial charge in [-0.15, -0.1) is 0 Å².